The smallest absolute Gasteiger partial charge is 0.336 e. The Labute approximate surface area is 168 Å². The molecule has 0 spiro atoms. The van der Waals surface area contributed by atoms with Crippen LogP contribution in [0.4, 0.5) is 5.69 Å². The second-order valence-electron chi connectivity index (χ2n) is 7.25. The summed E-state index contributed by atoms with van der Waals surface area (Å²) in [6.07, 6.45) is 0. The lowest BCUT2D eigenvalue weighted by molar-refractivity contribution is 0.174. The number of anilines is 1. The van der Waals surface area contributed by atoms with E-state index in [4.69, 9.17) is 18.6 Å². The summed E-state index contributed by atoms with van der Waals surface area (Å²) in [5.41, 5.74) is 2.34. The summed E-state index contributed by atoms with van der Waals surface area (Å²) >= 11 is 0. The molecule has 3 heterocycles. The number of nitrogens with zero attached hydrogens (tertiary/aromatic N) is 2. The van der Waals surface area contributed by atoms with E-state index in [0.717, 1.165) is 42.9 Å². The minimum absolute atomic E-state index is 0.193. The van der Waals surface area contributed by atoms with Gasteiger partial charge in [-0.25, -0.2) is 4.79 Å². The van der Waals surface area contributed by atoms with Gasteiger partial charge in [0.2, 0.25) is 6.79 Å². The molecular weight excluding hydrogens is 372 g/mol. The van der Waals surface area contributed by atoms with Crippen molar-refractivity contribution in [1.82, 2.24) is 4.90 Å². The highest BCUT2D eigenvalue weighted by atomic mass is 16.7. The molecule has 2 aliphatic rings. The highest BCUT2D eigenvalue weighted by Crippen LogP contribution is 2.37. The van der Waals surface area contributed by atoms with Crippen molar-refractivity contribution >= 4 is 16.7 Å². The molecule has 0 saturated carbocycles. The molecule has 3 aromatic rings. The number of rotatable bonds is 4. The lowest BCUT2D eigenvalue weighted by Gasteiger charge is -2.36. The normalized spacial score (nSPS) is 16.4. The zero-order chi connectivity index (χ0) is 19.8. The Bertz CT molecular complexity index is 1080. The topological polar surface area (TPSA) is 64.4 Å². The van der Waals surface area contributed by atoms with Crippen molar-refractivity contribution in [1.29, 1.82) is 0 Å². The first kappa shape index (κ1) is 17.9. The Kier molecular flexibility index (Phi) is 4.52. The summed E-state index contributed by atoms with van der Waals surface area (Å²) in [6.45, 7) is 4.57. The van der Waals surface area contributed by atoms with Gasteiger partial charge in [-0.1, -0.05) is 0 Å². The van der Waals surface area contributed by atoms with E-state index < -0.39 is 0 Å². The van der Waals surface area contributed by atoms with E-state index in [1.165, 1.54) is 5.69 Å². The van der Waals surface area contributed by atoms with E-state index in [-0.39, 0.29) is 12.4 Å². The SMILES string of the molecule is COc1ccc(N2CCN(Cc3cc(=O)oc4cc5c(cc34)OCO5)CC2)cc1. The van der Waals surface area contributed by atoms with Crippen LogP contribution in [0.5, 0.6) is 17.2 Å². The van der Waals surface area contributed by atoms with Gasteiger partial charge in [0.05, 0.1) is 7.11 Å². The van der Waals surface area contributed by atoms with E-state index in [2.05, 4.69) is 21.9 Å². The van der Waals surface area contributed by atoms with Crippen molar-refractivity contribution in [3.8, 4) is 17.2 Å². The van der Waals surface area contributed by atoms with Gasteiger partial charge >= 0.3 is 5.63 Å². The van der Waals surface area contributed by atoms with Crippen LogP contribution in [-0.4, -0.2) is 45.0 Å². The molecule has 1 aromatic heterocycles. The van der Waals surface area contributed by atoms with E-state index >= 15 is 0 Å². The van der Waals surface area contributed by atoms with Gasteiger partial charge in [-0.3, -0.25) is 4.90 Å². The fourth-order valence-corrected chi connectivity index (χ4v) is 3.95. The predicted molar refractivity (Wildman–Crippen MR) is 109 cm³/mol. The maximum absolute atomic E-state index is 12.1. The van der Waals surface area contributed by atoms with E-state index in [0.29, 0.717) is 23.6 Å². The number of fused-ring (bicyclic) bond motifs is 2. The van der Waals surface area contributed by atoms with Crippen molar-refractivity contribution in [2.45, 2.75) is 6.54 Å². The van der Waals surface area contributed by atoms with E-state index in [9.17, 15) is 4.79 Å². The zero-order valence-corrected chi connectivity index (χ0v) is 16.2. The summed E-state index contributed by atoms with van der Waals surface area (Å²) in [5, 5.41) is 0.895. The summed E-state index contributed by atoms with van der Waals surface area (Å²) < 4.78 is 21.5. The number of piperazine rings is 1. The highest BCUT2D eigenvalue weighted by molar-refractivity contribution is 5.84. The first-order chi connectivity index (χ1) is 14.2. The van der Waals surface area contributed by atoms with Gasteiger partial charge in [-0.05, 0) is 35.9 Å². The maximum Gasteiger partial charge on any atom is 0.336 e. The molecule has 0 radical (unpaired) electrons. The Balaban J connectivity index is 1.32. The molecule has 5 rings (SSSR count). The third-order valence-electron chi connectivity index (χ3n) is 5.53. The molecule has 0 bridgehead atoms. The third-order valence-corrected chi connectivity index (χ3v) is 5.53. The quantitative estimate of drug-likeness (QED) is 0.631. The Morgan fingerprint density at radius 3 is 2.41 bits per heavy atom. The van der Waals surface area contributed by atoms with Gasteiger partial charge in [0.1, 0.15) is 11.3 Å². The fourth-order valence-electron chi connectivity index (χ4n) is 3.95. The van der Waals surface area contributed by atoms with Gasteiger partial charge in [-0.15, -0.1) is 0 Å². The average molecular weight is 394 g/mol. The number of methoxy groups -OCH3 is 1. The fraction of sp³-hybridized carbons (Fsp3) is 0.318. The maximum atomic E-state index is 12.1. The van der Waals surface area contributed by atoms with E-state index in [1.807, 2.05) is 18.2 Å². The standard InChI is InChI=1S/C22H22N2O5/c1-26-17-4-2-16(3-5-17)24-8-6-23(7-9-24)13-15-10-22(25)29-19-12-21-20(11-18(15)19)27-14-28-21/h2-5,10-12H,6-9,13-14H2,1H3. The summed E-state index contributed by atoms with van der Waals surface area (Å²) in [4.78, 5) is 16.8. The van der Waals surface area contributed by atoms with Crippen molar-refractivity contribution in [3.05, 3.63) is 58.4 Å². The zero-order valence-electron chi connectivity index (χ0n) is 16.2. The molecule has 0 unspecified atom stereocenters. The number of benzene rings is 2. The Hall–Kier alpha value is -3.19. The molecule has 7 nitrogen and oxygen atoms in total. The average Bonchev–Trinajstić information content (AvgIpc) is 3.20. The van der Waals surface area contributed by atoms with Crippen molar-refractivity contribution in [3.63, 3.8) is 0 Å². The minimum Gasteiger partial charge on any atom is -0.497 e. The van der Waals surface area contributed by atoms with Crippen LogP contribution in [0.25, 0.3) is 11.0 Å². The highest BCUT2D eigenvalue weighted by Gasteiger charge is 2.21. The van der Waals surface area contributed by atoms with Crippen molar-refractivity contribution in [2.75, 3.05) is 45.0 Å². The van der Waals surface area contributed by atoms with Gasteiger partial charge in [0, 0.05) is 55.9 Å². The molecular formula is C22H22N2O5. The van der Waals surface area contributed by atoms with Crippen LogP contribution in [-0.2, 0) is 6.54 Å². The molecule has 0 N–H and O–H groups in total. The number of hydrogen-bond donors (Lipinski definition) is 0. The van der Waals surface area contributed by atoms with Crippen LogP contribution < -0.4 is 24.7 Å². The summed E-state index contributed by atoms with van der Waals surface area (Å²) in [6, 6.07) is 13.4. The van der Waals surface area contributed by atoms with Gasteiger partial charge in [0.25, 0.3) is 0 Å². The van der Waals surface area contributed by atoms with Crippen LogP contribution in [0.3, 0.4) is 0 Å². The summed E-state index contributed by atoms with van der Waals surface area (Å²) in [7, 11) is 1.68. The van der Waals surface area contributed by atoms with Crippen LogP contribution >= 0.6 is 0 Å². The van der Waals surface area contributed by atoms with Crippen LogP contribution in [0.2, 0.25) is 0 Å². The Morgan fingerprint density at radius 2 is 1.69 bits per heavy atom. The monoisotopic (exact) mass is 394 g/mol. The number of hydrogen-bond acceptors (Lipinski definition) is 7. The first-order valence-corrected chi connectivity index (χ1v) is 9.67. The Morgan fingerprint density at radius 1 is 0.966 bits per heavy atom. The van der Waals surface area contributed by atoms with Gasteiger partial charge in [0.15, 0.2) is 11.5 Å². The predicted octanol–water partition coefficient (Wildman–Crippen LogP) is 2.85. The molecule has 7 heteroatoms. The van der Waals surface area contributed by atoms with Crippen LogP contribution in [0.15, 0.2) is 51.7 Å². The first-order valence-electron chi connectivity index (χ1n) is 9.67. The lowest BCUT2D eigenvalue weighted by Crippen LogP contribution is -2.46. The van der Waals surface area contributed by atoms with Crippen LogP contribution in [0.1, 0.15) is 5.56 Å². The number of ether oxygens (including phenoxy) is 3. The molecule has 0 aliphatic carbocycles. The van der Waals surface area contributed by atoms with Gasteiger partial charge < -0.3 is 23.5 Å². The van der Waals surface area contributed by atoms with Crippen molar-refractivity contribution < 1.29 is 18.6 Å². The largest absolute Gasteiger partial charge is 0.497 e. The molecule has 29 heavy (non-hydrogen) atoms. The lowest BCUT2D eigenvalue weighted by atomic mass is 10.1. The minimum atomic E-state index is -0.344. The summed E-state index contributed by atoms with van der Waals surface area (Å²) in [5.74, 6) is 2.17. The molecule has 1 fully saturated rings. The second kappa shape index (κ2) is 7.33. The second-order valence-corrected chi connectivity index (χ2v) is 7.25. The third kappa shape index (κ3) is 3.49. The molecule has 2 aromatic carbocycles. The van der Waals surface area contributed by atoms with Crippen molar-refractivity contribution in [2.24, 2.45) is 0 Å². The molecule has 2 aliphatic heterocycles. The molecule has 1 saturated heterocycles. The molecule has 0 atom stereocenters. The van der Waals surface area contributed by atoms with Crippen LogP contribution in [0, 0.1) is 0 Å². The molecule has 150 valence electrons. The van der Waals surface area contributed by atoms with E-state index in [1.54, 1.807) is 19.2 Å². The molecule has 0 amide bonds. The van der Waals surface area contributed by atoms with Gasteiger partial charge in [-0.2, -0.15) is 0 Å².